The van der Waals surface area contributed by atoms with Crippen LogP contribution in [0.5, 0.6) is 0 Å². The van der Waals surface area contributed by atoms with Crippen LogP contribution in [-0.4, -0.2) is 0 Å². The van der Waals surface area contributed by atoms with Crippen molar-refractivity contribution in [2.24, 2.45) is 17.3 Å². The van der Waals surface area contributed by atoms with Gasteiger partial charge >= 0.3 is 0 Å². The molecule has 0 spiro atoms. The first-order chi connectivity index (χ1) is 4.96. The Morgan fingerprint density at radius 1 is 1.36 bits per heavy atom. The van der Waals surface area contributed by atoms with Crippen molar-refractivity contribution < 1.29 is 0 Å². The quantitative estimate of drug-likeness (QED) is 0.539. The van der Waals surface area contributed by atoms with Gasteiger partial charge in [0.1, 0.15) is 0 Å². The van der Waals surface area contributed by atoms with E-state index in [9.17, 15) is 0 Å². The summed E-state index contributed by atoms with van der Waals surface area (Å²) < 4.78 is 0. The molecule has 0 nitrogen and oxygen atoms in total. The molecule has 0 saturated heterocycles. The molecular weight excluding hydrogens is 132 g/mol. The molecule has 2 atom stereocenters. The molecule has 0 aromatic rings. The second-order valence-electron chi connectivity index (χ2n) is 4.16. The summed E-state index contributed by atoms with van der Waals surface area (Å²) in [6.07, 6.45) is 3.32. The molecule has 0 saturated carbocycles. The third kappa shape index (κ3) is 2.36. The lowest BCUT2D eigenvalue weighted by Crippen LogP contribution is -2.27. The van der Waals surface area contributed by atoms with Gasteiger partial charge in [-0.25, -0.2) is 0 Å². The summed E-state index contributed by atoms with van der Waals surface area (Å²) in [6, 6.07) is 0. The third-order valence-corrected chi connectivity index (χ3v) is 3.41. The standard InChI is InChI=1S/C11H22/c1-7-9(3)11(5,6)10(4)8-2/h7,9-10H,1,8H2,2-6H3. The summed E-state index contributed by atoms with van der Waals surface area (Å²) >= 11 is 0. The first kappa shape index (κ1) is 10.7. The van der Waals surface area contributed by atoms with Gasteiger partial charge in [-0.05, 0) is 17.3 Å². The number of hydrogen-bond acceptors (Lipinski definition) is 0. The van der Waals surface area contributed by atoms with E-state index in [4.69, 9.17) is 0 Å². The van der Waals surface area contributed by atoms with Gasteiger partial charge in [0.2, 0.25) is 0 Å². The average Bonchev–Trinajstić information content (AvgIpc) is 2.01. The van der Waals surface area contributed by atoms with Crippen molar-refractivity contribution in [3.63, 3.8) is 0 Å². The number of allylic oxidation sites excluding steroid dienone is 1. The maximum absolute atomic E-state index is 3.84. The van der Waals surface area contributed by atoms with Crippen molar-refractivity contribution >= 4 is 0 Å². The summed E-state index contributed by atoms with van der Waals surface area (Å²) in [4.78, 5) is 0. The van der Waals surface area contributed by atoms with Crippen molar-refractivity contribution in [2.45, 2.75) is 41.0 Å². The molecule has 0 aromatic heterocycles. The van der Waals surface area contributed by atoms with Crippen LogP contribution in [0.4, 0.5) is 0 Å². The molecule has 11 heavy (non-hydrogen) atoms. The van der Waals surface area contributed by atoms with Crippen molar-refractivity contribution in [2.75, 3.05) is 0 Å². The van der Waals surface area contributed by atoms with Crippen LogP contribution in [0.3, 0.4) is 0 Å². The van der Waals surface area contributed by atoms with E-state index in [1.165, 1.54) is 6.42 Å². The minimum absolute atomic E-state index is 0.399. The Balaban J connectivity index is 4.29. The van der Waals surface area contributed by atoms with Crippen LogP contribution in [0.2, 0.25) is 0 Å². The monoisotopic (exact) mass is 154 g/mol. The zero-order valence-electron chi connectivity index (χ0n) is 8.65. The third-order valence-electron chi connectivity index (χ3n) is 3.41. The highest BCUT2D eigenvalue weighted by molar-refractivity contribution is 4.89. The molecule has 0 fully saturated rings. The van der Waals surface area contributed by atoms with Crippen LogP contribution in [0.1, 0.15) is 41.0 Å². The summed E-state index contributed by atoms with van der Waals surface area (Å²) in [6.45, 7) is 15.3. The van der Waals surface area contributed by atoms with Gasteiger partial charge in [0, 0.05) is 0 Å². The average molecular weight is 154 g/mol. The Kier molecular flexibility index (Phi) is 3.85. The van der Waals surface area contributed by atoms with E-state index < -0.39 is 0 Å². The predicted molar refractivity (Wildman–Crippen MR) is 52.6 cm³/mol. The molecule has 66 valence electrons. The molecule has 0 N–H and O–H groups in total. The van der Waals surface area contributed by atoms with E-state index in [1.807, 2.05) is 0 Å². The predicted octanol–water partition coefficient (Wildman–Crippen LogP) is 3.88. The van der Waals surface area contributed by atoms with Gasteiger partial charge in [-0.3, -0.25) is 0 Å². The molecule has 0 heteroatoms. The zero-order chi connectivity index (χ0) is 9.07. The second kappa shape index (κ2) is 3.94. The van der Waals surface area contributed by atoms with E-state index in [1.54, 1.807) is 0 Å². The van der Waals surface area contributed by atoms with Gasteiger partial charge in [0.05, 0.1) is 0 Å². The molecule has 0 bridgehead atoms. The molecule has 0 aliphatic rings. The fraction of sp³-hybridized carbons (Fsp3) is 0.818. The normalized spacial score (nSPS) is 17.5. The van der Waals surface area contributed by atoms with Gasteiger partial charge in [-0.1, -0.05) is 47.1 Å². The van der Waals surface area contributed by atoms with Crippen LogP contribution in [-0.2, 0) is 0 Å². The van der Waals surface area contributed by atoms with Crippen LogP contribution in [0, 0.1) is 17.3 Å². The summed E-state index contributed by atoms with van der Waals surface area (Å²) in [7, 11) is 0. The van der Waals surface area contributed by atoms with E-state index in [0.717, 1.165) is 5.92 Å². The SMILES string of the molecule is C=CC(C)C(C)(C)C(C)CC. The molecule has 0 aliphatic carbocycles. The maximum atomic E-state index is 3.84. The number of hydrogen-bond donors (Lipinski definition) is 0. The van der Waals surface area contributed by atoms with Gasteiger partial charge in [0.25, 0.3) is 0 Å². The summed E-state index contributed by atoms with van der Waals surface area (Å²) in [5.41, 5.74) is 0.399. The Hall–Kier alpha value is -0.260. The van der Waals surface area contributed by atoms with Gasteiger partial charge in [0.15, 0.2) is 0 Å². The van der Waals surface area contributed by atoms with Crippen molar-refractivity contribution in [3.8, 4) is 0 Å². The van der Waals surface area contributed by atoms with Gasteiger partial charge in [-0.2, -0.15) is 0 Å². The fourth-order valence-electron chi connectivity index (χ4n) is 1.28. The lowest BCUT2D eigenvalue weighted by Gasteiger charge is -2.35. The largest absolute Gasteiger partial charge is 0.103 e. The molecule has 0 heterocycles. The Bertz CT molecular complexity index is 122. The zero-order valence-corrected chi connectivity index (χ0v) is 8.65. The van der Waals surface area contributed by atoms with Crippen molar-refractivity contribution in [1.82, 2.24) is 0 Å². The summed E-state index contributed by atoms with van der Waals surface area (Å²) in [5, 5.41) is 0. The molecule has 0 aliphatic heterocycles. The molecule has 2 unspecified atom stereocenters. The minimum atomic E-state index is 0.399. The first-order valence-electron chi connectivity index (χ1n) is 4.59. The van der Waals surface area contributed by atoms with E-state index in [2.05, 4.69) is 47.3 Å². The lowest BCUT2D eigenvalue weighted by molar-refractivity contribution is 0.166. The van der Waals surface area contributed by atoms with Crippen LogP contribution in [0.25, 0.3) is 0 Å². The van der Waals surface area contributed by atoms with E-state index >= 15 is 0 Å². The molecule has 0 aromatic carbocycles. The van der Waals surface area contributed by atoms with Crippen molar-refractivity contribution in [3.05, 3.63) is 12.7 Å². The Morgan fingerprint density at radius 3 is 2.09 bits per heavy atom. The molecule has 0 rings (SSSR count). The highest BCUT2D eigenvalue weighted by Gasteiger charge is 2.28. The molecule has 0 amide bonds. The molecular formula is C11H22. The highest BCUT2D eigenvalue weighted by atomic mass is 14.3. The maximum Gasteiger partial charge on any atom is -0.0211 e. The lowest BCUT2D eigenvalue weighted by atomic mass is 9.70. The van der Waals surface area contributed by atoms with Crippen LogP contribution >= 0.6 is 0 Å². The smallest absolute Gasteiger partial charge is 0.0211 e. The molecule has 0 radical (unpaired) electrons. The topological polar surface area (TPSA) is 0 Å². The van der Waals surface area contributed by atoms with Gasteiger partial charge < -0.3 is 0 Å². The Labute approximate surface area is 71.7 Å². The second-order valence-corrected chi connectivity index (χ2v) is 4.16. The summed E-state index contributed by atoms with van der Waals surface area (Å²) in [5.74, 6) is 1.38. The van der Waals surface area contributed by atoms with E-state index in [-0.39, 0.29) is 0 Å². The highest BCUT2D eigenvalue weighted by Crippen LogP contribution is 2.37. The van der Waals surface area contributed by atoms with Crippen molar-refractivity contribution in [1.29, 1.82) is 0 Å². The fourth-order valence-corrected chi connectivity index (χ4v) is 1.28. The van der Waals surface area contributed by atoms with Crippen LogP contribution < -0.4 is 0 Å². The Morgan fingerprint density at radius 2 is 1.82 bits per heavy atom. The van der Waals surface area contributed by atoms with E-state index in [0.29, 0.717) is 11.3 Å². The number of rotatable bonds is 4. The minimum Gasteiger partial charge on any atom is -0.103 e. The van der Waals surface area contributed by atoms with Gasteiger partial charge in [-0.15, -0.1) is 6.58 Å². The van der Waals surface area contributed by atoms with Crippen LogP contribution in [0.15, 0.2) is 12.7 Å². The first-order valence-corrected chi connectivity index (χ1v) is 4.59.